The van der Waals surface area contributed by atoms with Crippen LogP contribution in [0.1, 0.15) is 33.6 Å². The Morgan fingerprint density at radius 2 is 1.72 bits per heavy atom. The van der Waals surface area contributed by atoms with E-state index < -0.39 is 0 Å². The average molecular weight is 549 g/mol. The summed E-state index contributed by atoms with van der Waals surface area (Å²) in [5, 5.41) is 6.43. The molecule has 3 aromatic rings. The molecular weight excluding hydrogens is 516 g/mol. The van der Waals surface area contributed by atoms with Crippen LogP contribution in [0.2, 0.25) is 5.02 Å². The van der Waals surface area contributed by atoms with Crippen molar-refractivity contribution in [2.45, 2.75) is 18.9 Å². The zero-order chi connectivity index (χ0) is 27.2. The first-order chi connectivity index (χ1) is 19.0. The summed E-state index contributed by atoms with van der Waals surface area (Å²) in [7, 11) is 1.68. The maximum absolute atomic E-state index is 13.4. The zero-order valence-corrected chi connectivity index (χ0v) is 22.7. The van der Waals surface area contributed by atoms with Gasteiger partial charge in [-0.25, -0.2) is 0 Å². The minimum atomic E-state index is -0.290. The van der Waals surface area contributed by atoms with Crippen LogP contribution in [0.5, 0.6) is 5.75 Å². The van der Waals surface area contributed by atoms with Crippen molar-refractivity contribution >= 4 is 40.5 Å². The number of ether oxygens (including phenoxy) is 2. The van der Waals surface area contributed by atoms with Crippen LogP contribution in [0.3, 0.4) is 0 Å². The zero-order valence-electron chi connectivity index (χ0n) is 22.0. The second kappa shape index (κ2) is 12.4. The molecule has 2 fully saturated rings. The van der Waals surface area contributed by atoms with Crippen molar-refractivity contribution in [3.05, 3.63) is 82.9 Å². The van der Waals surface area contributed by atoms with Crippen LogP contribution in [0, 0.1) is 0 Å². The predicted octanol–water partition coefficient (Wildman–Crippen LogP) is 4.84. The molecule has 0 bridgehead atoms. The van der Waals surface area contributed by atoms with Gasteiger partial charge in [-0.15, -0.1) is 0 Å². The van der Waals surface area contributed by atoms with E-state index in [9.17, 15) is 9.59 Å². The average Bonchev–Trinajstić information content (AvgIpc) is 3.50. The van der Waals surface area contributed by atoms with Gasteiger partial charge in [0, 0.05) is 61.3 Å². The van der Waals surface area contributed by atoms with Crippen molar-refractivity contribution in [2.75, 3.05) is 61.6 Å². The first-order valence-corrected chi connectivity index (χ1v) is 13.6. The van der Waals surface area contributed by atoms with E-state index in [4.69, 9.17) is 21.1 Å². The molecule has 0 saturated carbocycles. The van der Waals surface area contributed by atoms with Crippen LogP contribution in [-0.2, 0) is 4.74 Å². The molecule has 2 aliphatic heterocycles. The minimum absolute atomic E-state index is 0.0347. The number of amides is 2. The van der Waals surface area contributed by atoms with Gasteiger partial charge in [-0.05, 0) is 61.4 Å². The number of halogens is 1. The number of benzene rings is 3. The van der Waals surface area contributed by atoms with Gasteiger partial charge < -0.3 is 29.9 Å². The number of hydrogen-bond acceptors (Lipinski definition) is 6. The summed E-state index contributed by atoms with van der Waals surface area (Å²) in [6.45, 7) is 4.22. The predicted molar refractivity (Wildman–Crippen MR) is 155 cm³/mol. The Labute approximate surface area is 233 Å². The topological polar surface area (TPSA) is 83.1 Å². The van der Waals surface area contributed by atoms with Gasteiger partial charge >= 0.3 is 0 Å². The molecule has 2 N–H and O–H groups in total. The second-order valence-corrected chi connectivity index (χ2v) is 10.1. The third-order valence-electron chi connectivity index (χ3n) is 7.15. The molecule has 0 spiro atoms. The fourth-order valence-electron chi connectivity index (χ4n) is 5.09. The Hall–Kier alpha value is -3.75. The van der Waals surface area contributed by atoms with Crippen molar-refractivity contribution in [2.24, 2.45) is 0 Å². The maximum atomic E-state index is 13.4. The second-order valence-electron chi connectivity index (χ2n) is 9.69. The van der Waals surface area contributed by atoms with Gasteiger partial charge in [0.15, 0.2) is 0 Å². The first kappa shape index (κ1) is 26.8. The summed E-state index contributed by atoms with van der Waals surface area (Å²) in [6, 6.07) is 20.3. The molecule has 1 unspecified atom stereocenters. The van der Waals surface area contributed by atoms with Gasteiger partial charge in [0.05, 0.1) is 24.5 Å². The van der Waals surface area contributed by atoms with Crippen molar-refractivity contribution in [3.63, 3.8) is 0 Å². The lowest BCUT2D eigenvalue weighted by Gasteiger charge is -2.38. The molecule has 2 saturated heterocycles. The van der Waals surface area contributed by atoms with Crippen molar-refractivity contribution < 1.29 is 19.1 Å². The molecule has 204 valence electrons. The standard InChI is InChI=1S/C30H33ClN4O4/c1-38-28-10-3-2-9-27(28)35-15-13-34(14-16-35)26-12-11-23(33-29(36)21-6-4-7-22(31)18-21)19-25(26)30(37)32-20-24-8-5-17-39-24/h2-4,6-7,9-12,18-19,24H,5,8,13-17,20H2,1H3,(H,32,37)(H,33,36). The molecule has 9 heteroatoms. The Morgan fingerprint density at radius 3 is 2.44 bits per heavy atom. The molecule has 39 heavy (non-hydrogen) atoms. The lowest BCUT2D eigenvalue weighted by atomic mass is 10.1. The number of piperazine rings is 1. The van der Waals surface area contributed by atoms with Gasteiger partial charge in [0.1, 0.15) is 5.75 Å². The van der Waals surface area contributed by atoms with Gasteiger partial charge in [0.25, 0.3) is 11.8 Å². The first-order valence-electron chi connectivity index (χ1n) is 13.3. The summed E-state index contributed by atoms with van der Waals surface area (Å²) >= 11 is 6.06. The minimum Gasteiger partial charge on any atom is -0.495 e. The van der Waals surface area contributed by atoms with E-state index in [0.29, 0.717) is 28.4 Å². The number of methoxy groups -OCH3 is 1. The number of nitrogens with zero attached hydrogens (tertiary/aromatic N) is 2. The number of carbonyl (C=O) groups excluding carboxylic acids is 2. The smallest absolute Gasteiger partial charge is 0.255 e. The number of hydrogen-bond donors (Lipinski definition) is 2. The van der Waals surface area contributed by atoms with Gasteiger partial charge in [-0.2, -0.15) is 0 Å². The Kier molecular flexibility index (Phi) is 8.54. The number of nitrogens with one attached hydrogen (secondary N) is 2. The van der Waals surface area contributed by atoms with E-state index >= 15 is 0 Å². The van der Waals surface area contributed by atoms with Crippen LogP contribution in [0.15, 0.2) is 66.7 Å². The van der Waals surface area contributed by atoms with Crippen molar-refractivity contribution in [1.29, 1.82) is 0 Å². The molecule has 5 rings (SSSR count). The third-order valence-corrected chi connectivity index (χ3v) is 7.38. The van der Waals surface area contributed by atoms with Gasteiger partial charge in [0.2, 0.25) is 0 Å². The van der Waals surface area contributed by atoms with Crippen LogP contribution in [0.4, 0.5) is 17.1 Å². The van der Waals surface area contributed by atoms with E-state index in [1.807, 2.05) is 30.3 Å². The molecule has 0 radical (unpaired) electrons. The van der Waals surface area contributed by atoms with Crippen LogP contribution in [-0.4, -0.2) is 64.4 Å². The van der Waals surface area contributed by atoms with Gasteiger partial charge in [-0.1, -0.05) is 29.8 Å². The summed E-state index contributed by atoms with van der Waals surface area (Å²) in [5.41, 5.74) is 3.40. The molecule has 2 aliphatic rings. The highest BCUT2D eigenvalue weighted by atomic mass is 35.5. The molecule has 2 heterocycles. The largest absolute Gasteiger partial charge is 0.495 e. The van der Waals surface area contributed by atoms with E-state index in [2.05, 4.69) is 26.5 Å². The van der Waals surface area contributed by atoms with E-state index in [1.165, 1.54) is 0 Å². The lowest BCUT2D eigenvalue weighted by Crippen LogP contribution is -2.47. The fourth-order valence-corrected chi connectivity index (χ4v) is 5.28. The third kappa shape index (κ3) is 6.46. The number of rotatable bonds is 8. The van der Waals surface area contributed by atoms with Crippen molar-refractivity contribution in [3.8, 4) is 5.75 Å². The molecule has 1 atom stereocenters. The number of carbonyl (C=O) groups is 2. The highest BCUT2D eigenvalue weighted by Crippen LogP contribution is 2.31. The molecular formula is C30H33ClN4O4. The molecule has 2 amide bonds. The van der Waals surface area contributed by atoms with Crippen LogP contribution < -0.4 is 25.2 Å². The quantitative estimate of drug-likeness (QED) is 0.419. The Bertz CT molecular complexity index is 1320. The van der Waals surface area contributed by atoms with Crippen LogP contribution >= 0.6 is 11.6 Å². The number of anilines is 3. The normalized spacial score (nSPS) is 17.1. The highest BCUT2D eigenvalue weighted by molar-refractivity contribution is 6.31. The summed E-state index contributed by atoms with van der Waals surface area (Å²) in [6.07, 6.45) is 1.98. The van der Waals surface area contributed by atoms with E-state index in [0.717, 1.165) is 62.8 Å². The molecule has 0 aromatic heterocycles. The Morgan fingerprint density at radius 1 is 0.949 bits per heavy atom. The van der Waals surface area contributed by atoms with Crippen LogP contribution in [0.25, 0.3) is 0 Å². The lowest BCUT2D eigenvalue weighted by molar-refractivity contribution is 0.0858. The summed E-state index contributed by atoms with van der Waals surface area (Å²) in [5.74, 6) is 0.368. The van der Waals surface area contributed by atoms with E-state index in [1.54, 1.807) is 37.4 Å². The number of para-hydroxylation sites is 2. The Balaban J connectivity index is 1.34. The van der Waals surface area contributed by atoms with Gasteiger partial charge in [-0.3, -0.25) is 9.59 Å². The molecule has 3 aromatic carbocycles. The highest BCUT2D eigenvalue weighted by Gasteiger charge is 2.25. The SMILES string of the molecule is COc1ccccc1N1CCN(c2ccc(NC(=O)c3cccc(Cl)c3)cc2C(=O)NCC2CCCO2)CC1. The maximum Gasteiger partial charge on any atom is 0.255 e. The molecule has 8 nitrogen and oxygen atoms in total. The monoisotopic (exact) mass is 548 g/mol. The van der Waals surface area contributed by atoms with Crippen molar-refractivity contribution in [1.82, 2.24) is 5.32 Å². The van der Waals surface area contributed by atoms with E-state index in [-0.39, 0.29) is 17.9 Å². The molecule has 0 aliphatic carbocycles. The summed E-state index contributed by atoms with van der Waals surface area (Å²) < 4.78 is 11.2. The fraction of sp³-hybridized carbons (Fsp3) is 0.333. The summed E-state index contributed by atoms with van der Waals surface area (Å²) in [4.78, 5) is 30.8.